The fraction of sp³-hybridized carbons (Fsp3) is 0.143. The van der Waals surface area contributed by atoms with Gasteiger partial charge in [-0.1, -0.05) is 46.4 Å². The number of rotatable bonds is 2. The highest BCUT2D eigenvalue weighted by molar-refractivity contribution is 6.51. The lowest BCUT2D eigenvalue weighted by Gasteiger charge is -2.13. The van der Waals surface area contributed by atoms with E-state index in [1.807, 2.05) is 0 Å². The van der Waals surface area contributed by atoms with Gasteiger partial charge in [0.25, 0.3) is 0 Å². The predicted octanol–water partition coefficient (Wildman–Crippen LogP) is 5.03. The highest BCUT2D eigenvalue weighted by Gasteiger charge is 2.23. The fourth-order valence-corrected chi connectivity index (χ4v) is 3.33. The van der Waals surface area contributed by atoms with Gasteiger partial charge < -0.3 is 9.47 Å². The van der Waals surface area contributed by atoms with Gasteiger partial charge in [0.15, 0.2) is 0 Å². The Bertz CT molecular complexity index is 734. The van der Waals surface area contributed by atoms with Crippen LogP contribution in [0.15, 0.2) is 12.1 Å². The van der Waals surface area contributed by atoms with E-state index in [9.17, 15) is 9.59 Å². The molecule has 0 heterocycles. The van der Waals surface area contributed by atoms with E-state index in [0.29, 0.717) is 0 Å². The fourth-order valence-electron chi connectivity index (χ4n) is 1.98. The normalized spacial score (nSPS) is 10.6. The molecule has 0 unspecified atom stereocenters. The van der Waals surface area contributed by atoms with Crippen LogP contribution in [-0.4, -0.2) is 26.2 Å². The van der Waals surface area contributed by atoms with Gasteiger partial charge in [-0.15, -0.1) is 0 Å². The Labute approximate surface area is 145 Å². The number of carbonyl (C=O) groups excluding carboxylic acids is 2. The Morgan fingerprint density at radius 2 is 1.09 bits per heavy atom. The lowest BCUT2D eigenvalue weighted by molar-refractivity contribution is 0.0592. The molecule has 22 heavy (non-hydrogen) atoms. The van der Waals surface area contributed by atoms with E-state index in [-0.39, 0.29) is 42.0 Å². The van der Waals surface area contributed by atoms with Crippen molar-refractivity contribution < 1.29 is 19.1 Å². The summed E-state index contributed by atoms with van der Waals surface area (Å²) in [5.41, 5.74) is 0.0934. The molecule has 0 amide bonds. The van der Waals surface area contributed by atoms with E-state index in [1.165, 1.54) is 26.4 Å². The maximum atomic E-state index is 11.7. The summed E-state index contributed by atoms with van der Waals surface area (Å²) >= 11 is 24.8. The van der Waals surface area contributed by atoms with Gasteiger partial charge in [0, 0.05) is 10.8 Å². The highest BCUT2D eigenvalue weighted by Crippen LogP contribution is 2.43. The lowest BCUT2D eigenvalue weighted by atomic mass is 10.0. The van der Waals surface area contributed by atoms with Crippen molar-refractivity contribution in [2.75, 3.05) is 14.2 Å². The Hall–Kier alpha value is -1.20. The van der Waals surface area contributed by atoms with Crippen LogP contribution in [0.3, 0.4) is 0 Å². The second kappa shape index (κ2) is 6.50. The molecule has 2 aromatic carbocycles. The minimum Gasteiger partial charge on any atom is -0.465 e. The number of carbonyl (C=O) groups is 2. The maximum absolute atomic E-state index is 11.7. The molecule has 0 aromatic heterocycles. The van der Waals surface area contributed by atoms with Crippen LogP contribution in [0.5, 0.6) is 0 Å². The second-order valence-electron chi connectivity index (χ2n) is 4.17. The summed E-state index contributed by atoms with van der Waals surface area (Å²) in [4.78, 5) is 23.5. The molecule has 4 nitrogen and oxygen atoms in total. The van der Waals surface area contributed by atoms with E-state index < -0.39 is 11.9 Å². The largest absolute Gasteiger partial charge is 0.465 e. The molecule has 0 saturated carbocycles. The molecule has 0 atom stereocenters. The van der Waals surface area contributed by atoms with Gasteiger partial charge in [-0.3, -0.25) is 0 Å². The van der Waals surface area contributed by atoms with Crippen LogP contribution >= 0.6 is 46.4 Å². The van der Waals surface area contributed by atoms with E-state index in [1.54, 1.807) is 0 Å². The Morgan fingerprint density at radius 3 is 1.36 bits per heavy atom. The van der Waals surface area contributed by atoms with Crippen LogP contribution in [0.2, 0.25) is 20.1 Å². The predicted molar refractivity (Wildman–Crippen MR) is 86.7 cm³/mol. The van der Waals surface area contributed by atoms with Crippen molar-refractivity contribution in [2.45, 2.75) is 0 Å². The van der Waals surface area contributed by atoms with Gasteiger partial charge in [0.05, 0.1) is 45.4 Å². The molecule has 0 saturated heterocycles. The summed E-state index contributed by atoms with van der Waals surface area (Å²) in [6.45, 7) is 0. The molecule has 0 bridgehead atoms. The van der Waals surface area contributed by atoms with Crippen LogP contribution < -0.4 is 0 Å². The first-order valence-corrected chi connectivity index (χ1v) is 7.31. The highest BCUT2D eigenvalue weighted by atomic mass is 35.5. The van der Waals surface area contributed by atoms with Crippen molar-refractivity contribution >= 4 is 69.1 Å². The quantitative estimate of drug-likeness (QED) is 0.684. The van der Waals surface area contributed by atoms with Crippen LogP contribution in [-0.2, 0) is 9.47 Å². The van der Waals surface area contributed by atoms with E-state index in [2.05, 4.69) is 9.47 Å². The maximum Gasteiger partial charge on any atom is 0.339 e. The summed E-state index contributed by atoms with van der Waals surface area (Å²) in [7, 11) is 2.43. The van der Waals surface area contributed by atoms with Gasteiger partial charge in [-0.25, -0.2) is 9.59 Å². The average Bonchev–Trinajstić information content (AvgIpc) is 2.50. The molecule has 0 aliphatic carbocycles. The monoisotopic (exact) mass is 380 g/mol. The topological polar surface area (TPSA) is 52.6 Å². The molecule has 8 heteroatoms. The zero-order chi connectivity index (χ0) is 16.6. The first kappa shape index (κ1) is 17.2. The Kier molecular flexibility index (Phi) is 5.07. The number of benzene rings is 2. The Morgan fingerprint density at radius 1 is 0.773 bits per heavy atom. The summed E-state index contributed by atoms with van der Waals surface area (Å²) in [6.07, 6.45) is 0. The van der Waals surface area contributed by atoms with E-state index in [0.717, 1.165) is 0 Å². The minimum atomic E-state index is -0.668. The van der Waals surface area contributed by atoms with Crippen LogP contribution in [0.1, 0.15) is 20.7 Å². The molecule has 0 spiro atoms. The summed E-state index contributed by atoms with van der Waals surface area (Å²) in [5.74, 6) is -1.34. The summed E-state index contributed by atoms with van der Waals surface area (Å²) in [5, 5.41) is 0.807. The molecule has 0 N–H and O–H groups in total. The number of esters is 2. The van der Waals surface area contributed by atoms with Crippen LogP contribution in [0.25, 0.3) is 10.8 Å². The number of fused-ring (bicyclic) bond motifs is 1. The summed E-state index contributed by atoms with van der Waals surface area (Å²) in [6, 6.07) is 2.61. The van der Waals surface area contributed by atoms with Crippen LogP contribution in [0.4, 0.5) is 0 Å². The molecule has 0 radical (unpaired) electrons. The first-order chi connectivity index (χ1) is 10.3. The lowest BCUT2D eigenvalue weighted by Crippen LogP contribution is -2.05. The molecule has 116 valence electrons. The zero-order valence-electron chi connectivity index (χ0n) is 11.3. The molecular weight excluding hydrogens is 374 g/mol. The van der Waals surface area contributed by atoms with Crippen molar-refractivity contribution in [3.05, 3.63) is 43.4 Å². The van der Waals surface area contributed by atoms with Gasteiger partial charge >= 0.3 is 11.9 Å². The summed E-state index contributed by atoms with van der Waals surface area (Å²) < 4.78 is 9.28. The third-order valence-corrected chi connectivity index (χ3v) is 4.37. The average molecular weight is 382 g/mol. The molecule has 0 aliphatic heterocycles. The number of ether oxygens (including phenoxy) is 2. The second-order valence-corrected chi connectivity index (χ2v) is 5.74. The zero-order valence-corrected chi connectivity index (χ0v) is 14.3. The third kappa shape index (κ3) is 2.72. The standard InChI is InChI=1S/C14H8Cl4O4/c1-21-13(19)5-3-7(15)10-9(11(5)17)8(16)4-6(12(10)18)14(20)22-2/h3-4H,1-2H3. The minimum absolute atomic E-state index is 0.0366. The van der Waals surface area contributed by atoms with Crippen molar-refractivity contribution in [3.8, 4) is 0 Å². The van der Waals surface area contributed by atoms with Gasteiger partial charge in [-0.2, -0.15) is 0 Å². The molecule has 2 aromatic rings. The number of hydrogen-bond donors (Lipinski definition) is 0. The Balaban J connectivity index is 2.94. The first-order valence-electron chi connectivity index (χ1n) is 5.79. The SMILES string of the molecule is COC(=O)c1cc(Cl)c2c(Cl)c(C(=O)OC)cc(Cl)c2c1Cl. The third-order valence-electron chi connectivity index (χ3n) is 2.99. The van der Waals surface area contributed by atoms with Gasteiger partial charge in [-0.05, 0) is 12.1 Å². The number of methoxy groups -OCH3 is 2. The number of halogens is 4. The van der Waals surface area contributed by atoms with Crippen molar-refractivity contribution in [3.63, 3.8) is 0 Å². The van der Waals surface area contributed by atoms with Gasteiger partial charge in [0.1, 0.15) is 0 Å². The smallest absolute Gasteiger partial charge is 0.339 e. The van der Waals surface area contributed by atoms with Crippen molar-refractivity contribution in [1.82, 2.24) is 0 Å². The molecule has 2 rings (SSSR count). The van der Waals surface area contributed by atoms with Crippen molar-refractivity contribution in [2.24, 2.45) is 0 Å². The van der Waals surface area contributed by atoms with Crippen LogP contribution in [0, 0.1) is 0 Å². The molecule has 0 fully saturated rings. The number of hydrogen-bond acceptors (Lipinski definition) is 4. The van der Waals surface area contributed by atoms with Crippen molar-refractivity contribution in [1.29, 1.82) is 0 Å². The molecule has 0 aliphatic rings. The van der Waals surface area contributed by atoms with E-state index >= 15 is 0 Å². The molecular formula is C14H8Cl4O4. The van der Waals surface area contributed by atoms with E-state index in [4.69, 9.17) is 46.4 Å². The van der Waals surface area contributed by atoms with Gasteiger partial charge in [0.2, 0.25) is 0 Å².